The SMILES string of the molecule is Cc1cc(Nc2cc(OC[C@@H](C)O)nc(N3CCC[C@H]3c3cc(-c4ccccn4)no3)n2)n[nH]1. The van der Waals surface area contributed by atoms with Gasteiger partial charge in [-0.05, 0) is 38.8 Å². The fourth-order valence-electron chi connectivity index (χ4n) is 3.88. The number of nitrogens with zero attached hydrogens (tertiary/aromatic N) is 6. The molecule has 0 bridgehead atoms. The maximum atomic E-state index is 9.66. The number of pyridine rings is 1. The van der Waals surface area contributed by atoms with Gasteiger partial charge in [-0.25, -0.2) is 0 Å². The van der Waals surface area contributed by atoms with Crippen LogP contribution in [0.5, 0.6) is 5.88 Å². The first-order valence-corrected chi connectivity index (χ1v) is 11.2. The number of aromatic amines is 1. The smallest absolute Gasteiger partial charge is 0.231 e. The fraction of sp³-hybridized carbons (Fsp3) is 0.348. The maximum Gasteiger partial charge on any atom is 0.231 e. The first-order chi connectivity index (χ1) is 16.5. The molecule has 5 rings (SSSR count). The van der Waals surface area contributed by atoms with Crippen LogP contribution in [-0.4, -0.2) is 54.7 Å². The number of ether oxygens (including phenoxy) is 1. The van der Waals surface area contributed by atoms with E-state index in [4.69, 9.17) is 14.2 Å². The van der Waals surface area contributed by atoms with Gasteiger partial charge in [0.15, 0.2) is 11.6 Å². The fourth-order valence-corrected chi connectivity index (χ4v) is 3.88. The molecule has 0 spiro atoms. The summed E-state index contributed by atoms with van der Waals surface area (Å²) in [5.41, 5.74) is 2.37. The van der Waals surface area contributed by atoms with Crippen LogP contribution in [0.25, 0.3) is 11.4 Å². The second-order valence-electron chi connectivity index (χ2n) is 8.29. The van der Waals surface area contributed by atoms with Crippen LogP contribution in [0, 0.1) is 6.92 Å². The molecule has 0 aliphatic carbocycles. The maximum absolute atomic E-state index is 9.66. The van der Waals surface area contributed by atoms with Gasteiger partial charge in [-0.3, -0.25) is 10.1 Å². The first-order valence-electron chi connectivity index (χ1n) is 11.2. The number of nitrogens with one attached hydrogen (secondary N) is 2. The quantitative estimate of drug-likeness (QED) is 0.357. The van der Waals surface area contributed by atoms with Gasteiger partial charge in [0.2, 0.25) is 11.8 Å². The highest BCUT2D eigenvalue weighted by atomic mass is 16.5. The predicted molar refractivity (Wildman–Crippen MR) is 125 cm³/mol. The van der Waals surface area contributed by atoms with Crippen molar-refractivity contribution in [2.45, 2.75) is 38.8 Å². The van der Waals surface area contributed by atoms with E-state index in [9.17, 15) is 5.11 Å². The Morgan fingerprint density at radius 1 is 1.24 bits per heavy atom. The number of aryl methyl sites for hydroxylation is 1. The summed E-state index contributed by atoms with van der Waals surface area (Å²) in [6, 6.07) is 11.1. The van der Waals surface area contributed by atoms with Crippen LogP contribution in [0.15, 0.2) is 47.1 Å². The minimum atomic E-state index is -0.623. The lowest BCUT2D eigenvalue weighted by Gasteiger charge is -2.23. The number of H-pyrrole nitrogens is 1. The summed E-state index contributed by atoms with van der Waals surface area (Å²) >= 11 is 0. The Kier molecular flexibility index (Phi) is 6.09. The lowest BCUT2D eigenvalue weighted by molar-refractivity contribution is 0.120. The molecule has 1 aliphatic rings. The molecule has 4 aromatic heterocycles. The minimum absolute atomic E-state index is 0.0718. The van der Waals surface area contributed by atoms with Crippen molar-refractivity contribution in [2.75, 3.05) is 23.4 Å². The molecule has 176 valence electrons. The van der Waals surface area contributed by atoms with Crippen molar-refractivity contribution < 1.29 is 14.4 Å². The van der Waals surface area contributed by atoms with Crippen molar-refractivity contribution in [1.82, 2.24) is 30.3 Å². The molecule has 0 unspecified atom stereocenters. The van der Waals surface area contributed by atoms with Crippen molar-refractivity contribution in [3.05, 3.63) is 54.0 Å². The van der Waals surface area contributed by atoms with E-state index < -0.39 is 6.10 Å². The minimum Gasteiger partial charge on any atom is -0.475 e. The van der Waals surface area contributed by atoms with Gasteiger partial charge >= 0.3 is 0 Å². The standard InChI is InChI=1S/C23H26N8O3/c1-14-10-21(29-28-14)25-20-12-22(33-13-15(2)32)27-23(26-20)31-9-5-7-18(31)19-11-17(30-34-19)16-6-3-4-8-24-16/h3-4,6,8,10-12,15,18,32H,5,7,9,13H2,1-2H3,(H2,25,26,27,28,29)/t15-,18+/m1/s1. The summed E-state index contributed by atoms with van der Waals surface area (Å²) < 4.78 is 11.4. The summed E-state index contributed by atoms with van der Waals surface area (Å²) in [5, 5.41) is 24.2. The average Bonchev–Trinajstić information content (AvgIpc) is 3.59. The van der Waals surface area contributed by atoms with Gasteiger partial charge in [-0.2, -0.15) is 15.1 Å². The molecule has 11 heteroatoms. The molecule has 1 saturated heterocycles. The zero-order valence-corrected chi connectivity index (χ0v) is 19.0. The van der Waals surface area contributed by atoms with E-state index in [0.717, 1.165) is 36.5 Å². The van der Waals surface area contributed by atoms with E-state index in [0.29, 0.717) is 29.2 Å². The molecule has 3 N–H and O–H groups in total. The molecule has 0 amide bonds. The van der Waals surface area contributed by atoms with Crippen molar-refractivity contribution >= 4 is 17.6 Å². The topological polar surface area (TPSA) is 138 Å². The highest BCUT2D eigenvalue weighted by Gasteiger charge is 2.32. The highest BCUT2D eigenvalue weighted by Crippen LogP contribution is 2.37. The number of hydrogen-bond acceptors (Lipinski definition) is 10. The van der Waals surface area contributed by atoms with Crippen LogP contribution in [-0.2, 0) is 0 Å². The van der Waals surface area contributed by atoms with Crippen molar-refractivity contribution in [1.29, 1.82) is 0 Å². The van der Waals surface area contributed by atoms with Gasteiger partial charge in [-0.15, -0.1) is 0 Å². The molecular weight excluding hydrogens is 436 g/mol. The number of aromatic nitrogens is 6. The lowest BCUT2D eigenvalue weighted by atomic mass is 10.1. The molecular formula is C23H26N8O3. The molecule has 4 aromatic rings. The second-order valence-corrected chi connectivity index (χ2v) is 8.29. The highest BCUT2D eigenvalue weighted by molar-refractivity contribution is 5.57. The molecule has 1 aliphatic heterocycles. The molecule has 1 fully saturated rings. The lowest BCUT2D eigenvalue weighted by Crippen LogP contribution is -2.25. The van der Waals surface area contributed by atoms with Crippen molar-refractivity contribution in [2.24, 2.45) is 0 Å². The third-order valence-corrected chi connectivity index (χ3v) is 5.42. The Morgan fingerprint density at radius 2 is 2.15 bits per heavy atom. The summed E-state index contributed by atoms with van der Waals surface area (Å²) in [7, 11) is 0. The predicted octanol–water partition coefficient (Wildman–Crippen LogP) is 3.40. The van der Waals surface area contributed by atoms with Gasteiger partial charge in [0.25, 0.3) is 0 Å². The summed E-state index contributed by atoms with van der Waals surface area (Å²) in [6.45, 7) is 4.46. The van der Waals surface area contributed by atoms with E-state index >= 15 is 0 Å². The number of aliphatic hydroxyl groups is 1. The number of rotatable bonds is 8. The third kappa shape index (κ3) is 4.84. The average molecular weight is 463 g/mol. The Labute approximate surface area is 196 Å². The Bertz CT molecular complexity index is 1240. The molecule has 11 nitrogen and oxygen atoms in total. The van der Waals surface area contributed by atoms with Crippen LogP contribution >= 0.6 is 0 Å². The van der Waals surface area contributed by atoms with E-state index in [2.05, 4.69) is 35.5 Å². The van der Waals surface area contributed by atoms with Gasteiger partial charge in [0.1, 0.15) is 18.1 Å². The first kappa shape index (κ1) is 21.8. The van der Waals surface area contributed by atoms with Crippen LogP contribution in [0.2, 0.25) is 0 Å². The summed E-state index contributed by atoms with van der Waals surface area (Å²) in [6.07, 6.45) is 2.93. The zero-order valence-electron chi connectivity index (χ0n) is 19.0. The van der Waals surface area contributed by atoms with E-state index in [1.54, 1.807) is 19.2 Å². The third-order valence-electron chi connectivity index (χ3n) is 5.42. The van der Waals surface area contributed by atoms with Gasteiger partial charge in [0.05, 0.1) is 17.8 Å². The monoisotopic (exact) mass is 462 g/mol. The molecule has 34 heavy (non-hydrogen) atoms. The largest absolute Gasteiger partial charge is 0.475 e. The van der Waals surface area contributed by atoms with Crippen LogP contribution < -0.4 is 15.0 Å². The van der Waals surface area contributed by atoms with Gasteiger partial charge in [-0.1, -0.05) is 11.2 Å². The van der Waals surface area contributed by atoms with E-state index in [1.165, 1.54) is 0 Å². The number of hydrogen-bond donors (Lipinski definition) is 3. The molecule has 0 radical (unpaired) electrons. The van der Waals surface area contributed by atoms with E-state index in [1.807, 2.05) is 37.3 Å². The van der Waals surface area contributed by atoms with Crippen molar-refractivity contribution in [3.63, 3.8) is 0 Å². The summed E-state index contributed by atoms with van der Waals surface area (Å²) in [5.74, 6) is 2.76. The van der Waals surface area contributed by atoms with Crippen molar-refractivity contribution in [3.8, 4) is 17.3 Å². The molecule has 0 saturated carbocycles. The molecule has 5 heterocycles. The Morgan fingerprint density at radius 3 is 2.91 bits per heavy atom. The van der Waals surface area contributed by atoms with Gasteiger partial charge < -0.3 is 24.6 Å². The van der Waals surface area contributed by atoms with Crippen LogP contribution in [0.3, 0.4) is 0 Å². The zero-order chi connectivity index (χ0) is 23.5. The number of aliphatic hydroxyl groups excluding tert-OH is 1. The van der Waals surface area contributed by atoms with E-state index in [-0.39, 0.29) is 12.6 Å². The molecule has 0 aromatic carbocycles. The van der Waals surface area contributed by atoms with Crippen LogP contribution in [0.1, 0.15) is 37.3 Å². The van der Waals surface area contributed by atoms with Gasteiger partial charge in [0, 0.05) is 36.6 Å². The normalized spacial score (nSPS) is 16.6. The Hall–Kier alpha value is -3.99. The Balaban J connectivity index is 1.44. The second kappa shape index (κ2) is 9.48. The van der Waals surface area contributed by atoms with Crippen LogP contribution in [0.4, 0.5) is 17.6 Å². The summed E-state index contributed by atoms with van der Waals surface area (Å²) in [4.78, 5) is 15.8. The number of anilines is 3. The molecule has 2 atom stereocenters.